The number of anilines is 2. The molecule has 0 aromatic heterocycles. The van der Waals surface area contributed by atoms with Crippen LogP contribution in [0.5, 0.6) is 0 Å². The average molecular weight is 918 g/mol. The zero-order chi connectivity index (χ0) is 43.9. The lowest BCUT2D eigenvalue weighted by atomic mass is 9.73. The number of nitrogens with zero attached hydrogens (tertiary/aromatic N) is 3. The first-order valence-corrected chi connectivity index (χ1v) is 26.8. The van der Waals surface area contributed by atoms with Crippen molar-refractivity contribution in [3.05, 3.63) is 119 Å². The topological polar surface area (TPSA) is 107 Å². The van der Waals surface area contributed by atoms with Crippen LogP contribution >= 0.6 is 23.4 Å². The van der Waals surface area contributed by atoms with Crippen LogP contribution < -0.4 is 10.2 Å². The Hall–Kier alpha value is -3.65. The van der Waals surface area contributed by atoms with E-state index in [-0.39, 0.29) is 21.2 Å². The van der Waals surface area contributed by atoms with Crippen molar-refractivity contribution < 1.29 is 21.6 Å². The predicted molar refractivity (Wildman–Crippen MR) is 257 cm³/mol. The molecule has 1 aliphatic carbocycles. The van der Waals surface area contributed by atoms with Crippen molar-refractivity contribution >= 4 is 65.8 Å². The van der Waals surface area contributed by atoms with Gasteiger partial charge in [-0.3, -0.25) is 9.69 Å². The van der Waals surface area contributed by atoms with Crippen LogP contribution in [-0.2, 0) is 19.7 Å². The normalized spacial score (nSPS) is 18.4. The molecule has 7 rings (SSSR count). The van der Waals surface area contributed by atoms with Crippen LogP contribution in [0.15, 0.2) is 117 Å². The van der Waals surface area contributed by atoms with E-state index in [0.717, 1.165) is 99.9 Å². The van der Waals surface area contributed by atoms with E-state index in [9.17, 15) is 21.6 Å². The van der Waals surface area contributed by atoms with Gasteiger partial charge in [0.15, 0.2) is 25.5 Å². The number of piperazine rings is 1. The summed E-state index contributed by atoms with van der Waals surface area (Å²) in [5, 5.41) is 4.23. The molecule has 2 heterocycles. The minimum Gasteiger partial charge on any atom is -0.380 e. The van der Waals surface area contributed by atoms with Gasteiger partial charge < -0.3 is 15.1 Å². The fourth-order valence-corrected chi connectivity index (χ4v) is 12.3. The Labute approximate surface area is 379 Å². The summed E-state index contributed by atoms with van der Waals surface area (Å²) in [7, 11) is -8.00. The number of benzene rings is 4. The molecule has 13 heteroatoms. The van der Waals surface area contributed by atoms with Gasteiger partial charge in [0.1, 0.15) is 5.75 Å². The highest BCUT2D eigenvalue weighted by Crippen LogP contribution is 2.43. The molecule has 4 aromatic rings. The second-order valence-electron chi connectivity index (χ2n) is 18.0. The number of piperidine rings is 1. The molecule has 0 amide bonds. The number of carbonyl (C=O) groups excluding carboxylic acids is 1. The molecule has 4 aromatic carbocycles. The third-order valence-electron chi connectivity index (χ3n) is 12.5. The Morgan fingerprint density at radius 3 is 2.19 bits per heavy atom. The molecule has 0 spiro atoms. The van der Waals surface area contributed by atoms with Crippen LogP contribution in [0.25, 0.3) is 5.57 Å². The maximum absolute atomic E-state index is 13.7. The first-order chi connectivity index (χ1) is 29.6. The van der Waals surface area contributed by atoms with E-state index >= 15 is 0 Å². The minimum atomic E-state index is -4.16. The van der Waals surface area contributed by atoms with Crippen LogP contribution in [0.4, 0.5) is 11.4 Å². The summed E-state index contributed by atoms with van der Waals surface area (Å²) in [5.41, 5.74) is 6.15. The molecule has 2 fully saturated rings. The number of nitrogens with one attached hydrogen (secondary N) is 1. The zero-order valence-electron chi connectivity index (χ0n) is 36.3. The summed E-state index contributed by atoms with van der Waals surface area (Å²) in [6.45, 7) is 12.2. The fraction of sp³-hybridized carbons (Fsp3) is 0.449. The van der Waals surface area contributed by atoms with Gasteiger partial charge in [-0.05, 0) is 135 Å². The number of likely N-dealkylation sites (tertiary alicyclic amines) is 1. The molecule has 1 atom stereocenters. The van der Waals surface area contributed by atoms with E-state index in [4.69, 9.17) is 11.6 Å². The monoisotopic (exact) mass is 916 g/mol. The van der Waals surface area contributed by atoms with E-state index in [0.29, 0.717) is 17.0 Å². The molecular weight excluding hydrogens is 856 g/mol. The quantitative estimate of drug-likeness (QED) is 0.0814. The summed E-state index contributed by atoms with van der Waals surface area (Å²) < 4.78 is 53.8. The van der Waals surface area contributed by atoms with E-state index in [1.165, 1.54) is 54.2 Å². The number of ketones is 1. The van der Waals surface area contributed by atoms with Gasteiger partial charge >= 0.3 is 0 Å². The van der Waals surface area contributed by atoms with Crippen LogP contribution in [0, 0.1) is 5.41 Å². The molecule has 2 aliphatic heterocycles. The number of carbonyl (C=O) groups is 1. The molecule has 0 unspecified atom stereocenters. The van der Waals surface area contributed by atoms with Crippen molar-refractivity contribution in [1.29, 1.82) is 0 Å². The molecule has 9 nitrogen and oxygen atoms in total. The van der Waals surface area contributed by atoms with Crippen LogP contribution in [0.3, 0.4) is 0 Å². The van der Waals surface area contributed by atoms with Crippen molar-refractivity contribution in [3.8, 4) is 0 Å². The van der Waals surface area contributed by atoms with E-state index in [1.54, 1.807) is 23.9 Å². The third-order valence-corrected chi connectivity index (χ3v) is 16.7. The molecule has 0 bridgehead atoms. The maximum atomic E-state index is 13.7. The Balaban J connectivity index is 0.978. The highest BCUT2D eigenvalue weighted by atomic mass is 35.5. The van der Waals surface area contributed by atoms with Gasteiger partial charge in [0.2, 0.25) is 0 Å². The molecule has 1 N–H and O–H groups in total. The highest BCUT2D eigenvalue weighted by Gasteiger charge is 2.30. The summed E-state index contributed by atoms with van der Waals surface area (Å²) in [6.07, 6.45) is 8.81. The first-order valence-electron chi connectivity index (χ1n) is 21.9. The number of sulfone groups is 2. The van der Waals surface area contributed by atoms with Crippen LogP contribution in [-0.4, -0.2) is 109 Å². The smallest absolute Gasteiger partial charge is 0.185 e. The second kappa shape index (κ2) is 20.5. The lowest BCUT2D eigenvalue weighted by Gasteiger charge is -2.39. The Morgan fingerprint density at radius 1 is 0.823 bits per heavy atom. The standard InChI is InChI=1S/C49H61ClN4O5S3/c1-49(2)24-22-45(37-12-16-40(50)17-13-37)39(33-49)34-53-28-30-54(31-29-53)42-18-14-38(15-19-42)47(55)36-62(58,59)44-20-21-46(48(32-44)61(3,56)57)51-41(23-27-52-25-8-5-9-26-52)35-60-43-10-6-4-7-11-43/h4,6-7,10-21,32,41,51H,5,8-9,22-31,33-36H2,1-3H3/t41-/m1/s1. The largest absolute Gasteiger partial charge is 0.380 e. The summed E-state index contributed by atoms with van der Waals surface area (Å²) in [6, 6.07) is 29.6. The van der Waals surface area contributed by atoms with Gasteiger partial charge in [0.25, 0.3) is 0 Å². The second-order valence-corrected chi connectivity index (χ2v) is 23.5. The van der Waals surface area contributed by atoms with E-state index < -0.39 is 31.2 Å². The number of halogens is 1. The summed E-state index contributed by atoms with van der Waals surface area (Å²) in [4.78, 5) is 21.6. The van der Waals surface area contributed by atoms with Crippen molar-refractivity contribution in [1.82, 2.24) is 9.80 Å². The molecule has 0 saturated carbocycles. The third kappa shape index (κ3) is 12.5. The fourth-order valence-electron chi connectivity index (χ4n) is 8.97. The van der Waals surface area contributed by atoms with Crippen molar-refractivity contribution in [2.24, 2.45) is 5.41 Å². The number of allylic oxidation sites excluding steroid dienone is 1. The lowest BCUT2D eigenvalue weighted by molar-refractivity contribution is 0.102. The summed E-state index contributed by atoms with van der Waals surface area (Å²) >= 11 is 7.91. The molecule has 62 heavy (non-hydrogen) atoms. The molecular formula is C49H61ClN4O5S3. The Kier molecular flexibility index (Phi) is 15.3. The van der Waals surface area contributed by atoms with Crippen LogP contribution in [0.2, 0.25) is 5.02 Å². The van der Waals surface area contributed by atoms with Gasteiger partial charge in [-0.15, -0.1) is 11.8 Å². The SMILES string of the molecule is CC1(C)CCC(c2ccc(Cl)cc2)=C(CN2CCN(c3ccc(C(=O)CS(=O)(=O)c4ccc(N[C@H](CCN5CCCCC5)CSc5ccccc5)c(S(C)(=O)=O)c4)cc3)CC2)C1. The maximum Gasteiger partial charge on any atom is 0.185 e. The average Bonchev–Trinajstić information content (AvgIpc) is 3.25. The van der Waals surface area contributed by atoms with Gasteiger partial charge in [-0.25, -0.2) is 16.8 Å². The lowest BCUT2D eigenvalue weighted by Crippen LogP contribution is -2.47. The Bertz CT molecular complexity index is 2410. The Morgan fingerprint density at radius 2 is 1.52 bits per heavy atom. The van der Waals surface area contributed by atoms with Gasteiger partial charge in [0.05, 0.1) is 15.5 Å². The molecule has 2 saturated heterocycles. The number of Topliss-reactive ketones (excluding diaryl/α,β-unsaturated/α-hetero) is 1. The number of rotatable bonds is 17. The minimum absolute atomic E-state index is 0.0701. The van der Waals surface area contributed by atoms with Crippen LogP contribution in [0.1, 0.15) is 74.7 Å². The first kappa shape index (κ1) is 46.3. The van der Waals surface area contributed by atoms with E-state index in [2.05, 4.69) is 58.1 Å². The van der Waals surface area contributed by atoms with Gasteiger partial charge in [0, 0.05) is 78.5 Å². The van der Waals surface area contributed by atoms with Crippen molar-refractivity contribution in [3.63, 3.8) is 0 Å². The highest BCUT2D eigenvalue weighted by molar-refractivity contribution is 7.99. The van der Waals surface area contributed by atoms with Gasteiger partial charge in [-0.2, -0.15) is 0 Å². The summed E-state index contributed by atoms with van der Waals surface area (Å²) in [5.74, 6) is -0.605. The zero-order valence-corrected chi connectivity index (χ0v) is 39.5. The molecule has 332 valence electrons. The van der Waals surface area contributed by atoms with Crippen molar-refractivity contribution in [2.75, 3.05) is 80.3 Å². The number of hydrogen-bond donors (Lipinski definition) is 1. The predicted octanol–water partition coefficient (Wildman–Crippen LogP) is 9.63. The number of hydrogen-bond acceptors (Lipinski definition) is 10. The van der Waals surface area contributed by atoms with E-state index in [1.807, 2.05) is 42.5 Å². The van der Waals surface area contributed by atoms with Gasteiger partial charge in [-0.1, -0.05) is 67.8 Å². The molecule has 3 aliphatic rings. The van der Waals surface area contributed by atoms with Crippen molar-refractivity contribution in [2.45, 2.75) is 79.5 Å². The molecule has 0 radical (unpaired) electrons. The number of thioether (sulfide) groups is 1.